The fourth-order valence-corrected chi connectivity index (χ4v) is 2.61. The van der Waals surface area contributed by atoms with Gasteiger partial charge >= 0.3 is 0 Å². The van der Waals surface area contributed by atoms with Crippen LogP contribution in [0.5, 0.6) is 5.75 Å². The monoisotopic (exact) mass is 331 g/mol. The van der Waals surface area contributed by atoms with Crippen LogP contribution in [0.2, 0.25) is 0 Å². The highest BCUT2D eigenvalue weighted by atomic mass is 16.5. The van der Waals surface area contributed by atoms with Gasteiger partial charge in [0.15, 0.2) is 0 Å². The second-order valence-electron chi connectivity index (χ2n) is 5.88. The first-order chi connectivity index (χ1) is 12.2. The van der Waals surface area contributed by atoms with E-state index in [1.807, 2.05) is 85.8 Å². The maximum Gasteiger partial charge on any atom is 0.255 e. The average Bonchev–Trinajstić information content (AvgIpc) is 2.68. The molecule has 3 heteroatoms. The summed E-state index contributed by atoms with van der Waals surface area (Å²) in [6.45, 7) is 2.40. The van der Waals surface area contributed by atoms with Gasteiger partial charge in [-0.3, -0.25) is 4.79 Å². The van der Waals surface area contributed by atoms with Crippen molar-refractivity contribution in [3.05, 3.63) is 102 Å². The van der Waals surface area contributed by atoms with Gasteiger partial charge in [-0.25, -0.2) is 0 Å². The van der Waals surface area contributed by atoms with Gasteiger partial charge in [0.2, 0.25) is 0 Å². The zero-order chi connectivity index (χ0) is 17.5. The summed E-state index contributed by atoms with van der Waals surface area (Å²) in [5, 5.41) is 3.03. The topological polar surface area (TPSA) is 38.3 Å². The first kappa shape index (κ1) is 16.8. The van der Waals surface area contributed by atoms with E-state index in [2.05, 4.69) is 5.32 Å². The third-order valence-corrected chi connectivity index (χ3v) is 4.02. The summed E-state index contributed by atoms with van der Waals surface area (Å²) < 4.78 is 5.87. The Morgan fingerprint density at radius 2 is 1.48 bits per heavy atom. The molecule has 0 fully saturated rings. The molecule has 0 aromatic heterocycles. The molecule has 25 heavy (non-hydrogen) atoms. The van der Waals surface area contributed by atoms with Crippen molar-refractivity contribution in [2.75, 3.05) is 0 Å². The molecule has 3 rings (SSSR count). The van der Waals surface area contributed by atoms with E-state index in [1.165, 1.54) is 0 Å². The van der Waals surface area contributed by atoms with Gasteiger partial charge in [-0.2, -0.15) is 0 Å². The number of hydrogen-bond donors (Lipinski definition) is 1. The van der Waals surface area contributed by atoms with E-state index in [-0.39, 0.29) is 11.9 Å². The highest BCUT2D eigenvalue weighted by Gasteiger charge is 2.15. The number of benzene rings is 3. The van der Waals surface area contributed by atoms with Crippen LogP contribution in [-0.4, -0.2) is 5.91 Å². The molecule has 1 amide bonds. The first-order valence-corrected chi connectivity index (χ1v) is 8.35. The van der Waals surface area contributed by atoms with Crippen molar-refractivity contribution in [3.8, 4) is 5.75 Å². The van der Waals surface area contributed by atoms with Crippen LogP contribution in [0.25, 0.3) is 0 Å². The van der Waals surface area contributed by atoms with Crippen molar-refractivity contribution < 1.29 is 9.53 Å². The fourth-order valence-electron chi connectivity index (χ4n) is 2.61. The molecule has 3 aromatic carbocycles. The molecule has 3 nitrogen and oxygen atoms in total. The zero-order valence-electron chi connectivity index (χ0n) is 14.2. The van der Waals surface area contributed by atoms with Crippen LogP contribution in [0, 0.1) is 0 Å². The summed E-state index contributed by atoms with van der Waals surface area (Å²) in [6.07, 6.45) is 0. The number of rotatable bonds is 6. The molecule has 0 saturated heterocycles. The number of nitrogens with one attached hydrogen (secondary N) is 1. The number of ether oxygens (including phenoxy) is 1. The third-order valence-electron chi connectivity index (χ3n) is 4.02. The van der Waals surface area contributed by atoms with Gasteiger partial charge in [-0.1, -0.05) is 72.8 Å². The zero-order valence-corrected chi connectivity index (χ0v) is 14.2. The van der Waals surface area contributed by atoms with Gasteiger partial charge in [0.25, 0.3) is 5.91 Å². The number of para-hydroxylation sites is 1. The Balaban J connectivity index is 1.70. The minimum Gasteiger partial charge on any atom is -0.488 e. The predicted octanol–water partition coefficient (Wildman–Crippen LogP) is 4.76. The van der Waals surface area contributed by atoms with Crippen LogP contribution < -0.4 is 10.1 Å². The van der Waals surface area contributed by atoms with E-state index < -0.39 is 0 Å². The lowest BCUT2D eigenvalue weighted by molar-refractivity contribution is 0.0935. The van der Waals surface area contributed by atoms with Crippen molar-refractivity contribution in [2.45, 2.75) is 19.6 Å². The molecule has 0 aliphatic carbocycles. The Morgan fingerprint density at radius 1 is 0.880 bits per heavy atom. The third kappa shape index (κ3) is 4.48. The molecule has 126 valence electrons. The van der Waals surface area contributed by atoms with Gasteiger partial charge in [0.1, 0.15) is 12.4 Å². The van der Waals surface area contributed by atoms with Crippen LogP contribution in [0.4, 0.5) is 0 Å². The molecule has 0 unspecified atom stereocenters. The molecule has 0 spiro atoms. The Bertz CT molecular complexity index is 816. The standard InChI is InChI=1S/C22H21NO2/c1-17(19-12-6-3-7-13-19)23-22(24)20-14-8-9-15-21(20)25-16-18-10-4-2-5-11-18/h2-15,17H,16H2,1H3,(H,23,24)/t17-/m0/s1. The van der Waals surface area contributed by atoms with Crippen LogP contribution in [0.15, 0.2) is 84.9 Å². The summed E-state index contributed by atoms with van der Waals surface area (Å²) in [4.78, 5) is 12.7. The summed E-state index contributed by atoms with van der Waals surface area (Å²) in [5.41, 5.74) is 2.68. The number of carbonyl (C=O) groups is 1. The molecule has 0 saturated carbocycles. The minimum atomic E-state index is -0.139. The van der Waals surface area contributed by atoms with Gasteiger partial charge in [0.05, 0.1) is 11.6 Å². The maximum atomic E-state index is 12.7. The molecule has 0 bridgehead atoms. The van der Waals surface area contributed by atoms with E-state index in [9.17, 15) is 4.79 Å². The second-order valence-corrected chi connectivity index (χ2v) is 5.88. The SMILES string of the molecule is C[C@H](NC(=O)c1ccccc1OCc1ccccc1)c1ccccc1. The maximum absolute atomic E-state index is 12.7. The van der Waals surface area contributed by atoms with Crippen LogP contribution in [-0.2, 0) is 6.61 Å². The van der Waals surface area contributed by atoms with Gasteiger partial charge in [-0.15, -0.1) is 0 Å². The first-order valence-electron chi connectivity index (χ1n) is 8.35. The van der Waals surface area contributed by atoms with Crippen molar-refractivity contribution >= 4 is 5.91 Å². The van der Waals surface area contributed by atoms with Crippen LogP contribution >= 0.6 is 0 Å². The average molecular weight is 331 g/mol. The van der Waals surface area contributed by atoms with Crippen molar-refractivity contribution in [2.24, 2.45) is 0 Å². The number of hydrogen-bond acceptors (Lipinski definition) is 2. The molecule has 1 N–H and O–H groups in total. The van der Waals surface area contributed by atoms with E-state index in [1.54, 1.807) is 6.07 Å². The van der Waals surface area contributed by atoms with Crippen molar-refractivity contribution in [1.29, 1.82) is 0 Å². The lowest BCUT2D eigenvalue weighted by Crippen LogP contribution is -2.27. The molecular formula is C22H21NO2. The Kier molecular flexibility index (Phi) is 5.47. The normalized spacial score (nSPS) is 11.6. The van der Waals surface area contributed by atoms with Gasteiger partial charge in [-0.05, 0) is 30.2 Å². The molecule has 3 aromatic rings. The van der Waals surface area contributed by atoms with Crippen LogP contribution in [0.1, 0.15) is 34.5 Å². The highest BCUT2D eigenvalue weighted by Crippen LogP contribution is 2.21. The molecule has 0 heterocycles. The Morgan fingerprint density at radius 3 is 2.20 bits per heavy atom. The summed E-state index contributed by atoms with van der Waals surface area (Å²) in [5.74, 6) is 0.448. The van der Waals surface area contributed by atoms with Gasteiger partial charge < -0.3 is 10.1 Å². The molecular weight excluding hydrogens is 310 g/mol. The summed E-state index contributed by atoms with van der Waals surface area (Å²) in [6, 6.07) is 27.1. The predicted molar refractivity (Wildman–Crippen MR) is 99.5 cm³/mol. The largest absolute Gasteiger partial charge is 0.488 e. The van der Waals surface area contributed by atoms with E-state index in [0.717, 1.165) is 11.1 Å². The quantitative estimate of drug-likeness (QED) is 0.707. The summed E-state index contributed by atoms with van der Waals surface area (Å²) >= 11 is 0. The van der Waals surface area contributed by atoms with E-state index in [0.29, 0.717) is 17.9 Å². The number of carbonyl (C=O) groups excluding carboxylic acids is 1. The molecule has 0 radical (unpaired) electrons. The molecule has 0 aliphatic rings. The highest BCUT2D eigenvalue weighted by molar-refractivity contribution is 5.97. The molecule has 1 atom stereocenters. The Hall–Kier alpha value is -3.07. The smallest absolute Gasteiger partial charge is 0.255 e. The second kappa shape index (κ2) is 8.15. The van der Waals surface area contributed by atoms with E-state index in [4.69, 9.17) is 4.74 Å². The minimum absolute atomic E-state index is 0.0733. The van der Waals surface area contributed by atoms with Gasteiger partial charge in [0, 0.05) is 0 Å². The van der Waals surface area contributed by atoms with Crippen molar-refractivity contribution in [3.63, 3.8) is 0 Å². The Labute approximate surface area is 148 Å². The van der Waals surface area contributed by atoms with E-state index >= 15 is 0 Å². The van der Waals surface area contributed by atoms with Crippen molar-refractivity contribution in [1.82, 2.24) is 5.32 Å². The lowest BCUT2D eigenvalue weighted by Gasteiger charge is -2.16. The van der Waals surface area contributed by atoms with Crippen LogP contribution in [0.3, 0.4) is 0 Å². The number of amides is 1. The lowest BCUT2D eigenvalue weighted by atomic mass is 10.1. The molecule has 0 aliphatic heterocycles. The fraction of sp³-hybridized carbons (Fsp3) is 0.136. The summed E-state index contributed by atoms with van der Waals surface area (Å²) in [7, 11) is 0.